The average Bonchev–Trinajstić information content (AvgIpc) is 2.42. The predicted molar refractivity (Wildman–Crippen MR) is 57.1 cm³/mol. The van der Waals surface area contributed by atoms with Crippen LogP contribution in [0.15, 0.2) is 0 Å². The molecule has 0 aromatic heterocycles. The van der Waals surface area contributed by atoms with Crippen LogP contribution in [0.4, 0.5) is 0 Å². The number of hydrogen-bond donors (Lipinski definition) is 0. The van der Waals surface area contributed by atoms with Crippen LogP contribution in [0.5, 0.6) is 0 Å². The summed E-state index contributed by atoms with van der Waals surface area (Å²) in [6, 6.07) is 0.332. The van der Waals surface area contributed by atoms with Gasteiger partial charge in [0.1, 0.15) is 0 Å². The summed E-state index contributed by atoms with van der Waals surface area (Å²) < 4.78 is 22.7. The van der Waals surface area contributed by atoms with E-state index < -0.39 is 9.84 Å². The lowest BCUT2D eigenvalue weighted by atomic mass is 10.2. The quantitative estimate of drug-likeness (QED) is 0.659. The van der Waals surface area contributed by atoms with E-state index in [0.29, 0.717) is 17.5 Å². The second-order valence-electron chi connectivity index (χ2n) is 4.51. The van der Waals surface area contributed by atoms with Crippen molar-refractivity contribution in [3.05, 3.63) is 0 Å². The molecule has 0 aliphatic carbocycles. The lowest BCUT2D eigenvalue weighted by Gasteiger charge is -2.25. The Labute approximate surface area is 86.4 Å². The van der Waals surface area contributed by atoms with E-state index >= 15 is 0 Å². The van der Waals surface area contributed by atoms with E-state index in [1.165, 1.54) is 25.7 Å². The van der Waals surface area contributed by atoms with Crippen LogP contribution >= 0.6 is 0 Å². The third-order valence-corrected chi connectivity index (χ3v) is 5.12. The molecular weight excluding hydrogens is 198 g/mol. The zero-order chi connectivity index (χ0) is 10.0. The molecule has 0 N–H and O–H groups in total. The van der Waals surface area contributed by atoms with Crippen molar-refractivity contribution in [2.75, 3.05) is 24.6 Å². The molecule has 3 nitrogen and oxygen atoms in total. The average molecular weight is 217 g/mol. The molecule has 2 rings (SSSR count). The van der Waals surface area contributed by atoms with E-state index in [4.69, 9.17) is 0 Å². The molecule has 4 heteroatoms. The maximum atomic E-state index is 11.3. The number of likely N-dealkylation sites (tertiary alicyclic amines) is 1. The van der Waals surface area contributed by atoms with E-state index in [9.17, 15) is 8.42 Å². The van der Waals surface area contributed by atoms with E-state index in [2.05, 4.69) is 4.90 Å². The zero-order valence-corrected chi connectivity index (χ0v) is 9.43. The monoisotopic (exact) mass is 217 g/mol. The molecule has 0 aromatic rings. The molecule has 0 unspecified atom stereocenters. The maximum absolute atomic E-state index is 11.3. The lowest BCUT2D eigenvalue weighted by molar-refractivity contribution is 0.221. The largest absolute Gasteiger partial charge is 0.299 e. The third kappa shape index (κ3) is 2.48. The lowest BCUT2D eigenvalue weighted by Crippen LogP contribution is -2.36. The van der Waals surface area contributed by atoms with Crippen LogP contribution in [0.25, 0.3) is 0 Å². The zero-order valence-electron chi connectivity index (χ0n) is 8.61. The molecule has 14 heavy (non-hydrogen) atoms. The van der Waals surface area contributed by atoms with E-state index in [0.717, 1.165) is 19.5 Å². The van der Waals surface area contributed by atoms with Gasteiger partial charge < -0.3 is 0 Å². The standard InChI is InChI=1S/C10H19NO2S/c12-14(13)8-5-10(9-14)11-6-3-1-2-4-7-11/h10H,1-9H2/t10-/m1/s1. The summed E-state index contributed by atoms with van der Waals surface area (Å²) in [7, 11) is -2.70. The molecule has 2 saturated heterocycles. The predicted octanol–water partition coefficient (Wildman–Crippen LogP) is 1.05. The Kier molecular flexibility index (Phi) is 3.12. The highest BCUT2D eigenvalue weighted by Gasteiger charge is 2.31. The van der Waals surface area contributed by atoms with E-state index in [-0.39, 0.29) is 0 Å². The molecule has 2 aliphatic heterocycles. The van der Waals surface area contributed by atoms with Crippen molar-refractivity contribution in [2.24, 2.45) is 0 Å². The van der Waals surface area contributed by atoms with Gasteiger partial charge in [-0.25, -0.2) is 8.42 Å². The molecule has 82 valence electrons. The summed E-state index contributed by atoms with van der Waals surface area (Å²) in [5.74, 6) is 0.821. The normalized spacial score (nSPS) is 34.1. The summed E-state index contributed by atoms with van der Waals surface area (Å²) in [5, 5.41) is 0. The van der Waals surface area contributed by atoms with Gasteiger partial charge in [0, 0.05) is 6.04 Å². The molecule has 0 radical (unpaired) electrons. The molecular formula is C10H19NO2S. The van der Waals surface area contributed by atoms with Crippen molar-refractivity contribution in [3.63, 3.8) is 0 Å². The highest BCUT2D eigenvalue weighted by molar-refractivity contribution is 7.91. The van der Waals surface area contributed by atoms with Gasteiger partial charge in [0.15, 0.2) is 9.84 Å². The SMILES string of the molecule is O=S1(=O)CC[C@@H](N2CCCCCC2)C1. The van der Waals surface area contributed by atoms with Gasteiger partial charge in [0.25, 0.3) is 0 Å². The van der Waals surface area contributed by atoms with Crippen LogP contribution in [-0.2, 0) is 9.84 Å². The molecule has 0 spiro atoms. The fraction of sp³-hybridized carbons (Fsp3) is 1.00. The fourth-order valence-corrected chi connectivity index (χ4v) is 4.29. The molecule has 2 heterocycles. The van der Waals surface area contributed by atoms with Gasteiger partial charge >= 0.3 is 0 Å². The van der Waals surface area contributed by atoms with Crippen molar-refractivity contribution in [1.29, 1.82) is 0 Å². The minimum absolute atomic E-state index is 0.332. The van der Waals surface area contributed by atoms with Gasteiger partial charge in [-0.3, -0.25) is 4.90 Å². The van der Waals surface area contributed by atoms with Gasteiger partial charge in [0.05, 0.1) is 11.5 Å². The Morgan fingerprint density at radius 2 is 1.64 bits per heavy atom. The Hall–Kier alpha value is -0.0900. The van der Waals surface area contributed by atoms with Gasteiger partial charge in [0.2, 0.25) is 0 Å². The first-order chi connectivity index (χ1) is 6.67. The molecule has 0 saturated carbocycles. The fourth-order valence-electron chi connectivity index (χ4n) is 2.52. The Balaban J connectivity index is 1.94. The Morgan fingerprint density at radius 1 is 1.00 bits per heavy atom. The van der Waals surface area contributed by atoms with Gasteiger partial charge in [-0.2, -0.15) is 0 Å². The topological polar surface area (TPSA) is 37.4 Å². The number of rotatable bonds is 1. The van der Waals surface area contributed by atoms with Gasteiger partial charge in [-0.1, -0.05) is 12.8 Å². The first-order valence-corrected chi connectivity index (χ1v) is 7.44. The van der Waals surface area contributed by atoms with Crippen LogP contribution in [0, 0.1) is 0 Å². The summed E-state index contributed by atoms with van der Waals surface area (Å²) in [4.78, 5) is 2.40. The summed E-state index contributed by atoms with van der Waals surface area (Å²) in [6.07, 6.45) is 5.99. The second-order valence-corrected chi connectivity index (χ2v) is 6.74. The third-order valence-electron chi connectivity index (χ3n) is 3.37. The second kappa shape index (κ2) is 4.19. The van der Waals surface area contributed by atoms with Crippen LogP contribution in [-0.4, -0.2) is 44.0 Å². The molecule has 0 amide bonds. The highest BCUT2D eigenvalue weighted by atomic mass is 32.2. The molecule has 0 bridgehead atoms. The van der Waals surface area contributed by atoms with Crippen molar-refractivity contribution in [2.45, 2.75) is 38.1 Å². The number of hydrogen-bond acceptors (Lipinski definition) is 3. The van der Waals surface area contributed by atoms with Crippen molar-refractivity contribution in [3.8, 4) is 0 Å². The smallest absolute Gasteiger partial charge is 0.151 e. The van der Waals surface area contributed by atoms with E-state index in [1.807, 2.05) is 0 Å². The van der Waals surface area contributed by atoms with E-state index in [1.54, 1.807) is 0 Å². The Morgan fingerprint density at radius 3 is 2.14 bits per heavy atom. The highest BCUT2D eigenvalue weighted by Crippen LogP contribution is 2.21. The van der Waals surface area contributed by atoms with Crippen molar-refractivity contribution in [1.82, 2.24) is 4.90 Å². The molecule has 1 atom stereocenters. The summed E-state index contributed by atoms with van der Waals surface area (Å²) in [5.41, 5.74) is 0. The number of sulfone groups is 1. The van der Waals surface area contributed by atoms with Gasteiger partial charge in [-0.15, -0.1) is 0 Å². The maximum Gasteiger partial charge on any atom is 0.151 e. The van der Waals surface area contributed by atoms with Gasteiger partial charge in [-0.05, 0) is 32.4 Å². The van der Waals surface area contributed by atoms with Crippen LogP contribution < -0.4 is 0 Å². The molecule has 2 fully saturated rings. The summed E-state index contributed by atoms with van der Waals surface area (Å²) in [6.45, 7) is 2.22. The van der Waals surface area contributed by atoms with Crippen LogP contribution in [0.1, 0.15) is 32.1 Å². The Bertz CT molecular complexity index is 278. The van der Waals surface area contributed by atoms with Crippen LogP contribution in [0.3, 0.4) is 0 Å². The molecule has 0 aromatic carbocycles. The minimum atomic E-state index is -2.70. The van der Waals surface area contributed by atoms with Crippen molar-refractivity contribution >= 4 is 9.84 Å². The number of nitrogens with zero attached hydrogens (tertiary/aromatic N) is 1. The first kappa shape index (κ1) is 10.4. The van der Waals surface area contributed by atoms with Crippen LogP contribution in [0.2, 0.25) is 0 Å². The molecule has 2 aliphatic rings. The first-order valence-electron chi connectivity index (χ1n) is 5.62. The van der Waals surface area contributed by atoms with Crippen molar-refractivity contribution < 1.29 is 8.42 Å². The summed E-state index contributed by atoms with van der Waals surface area (Å²) >= 11 is 0. The minimum Gasteiger partial charge on any atom is -0.299 e.